The van der Waals surface area contributed by atoms with Gasteiger partial charge in [0.05, 0.1) is 0 Å². The van der Waals surface area contributed by atoms with Gasteiger partial charge in [0.2, 0.25) is 0 Å². The van der Waals surface area contributed by atoms with E-state index in [0.29, 0.717) is 28.1 Å². The fourth-order valence-corrected chi connectivity index (χ4v) is 10.9. The Morgan fingerprint density at radius 3 is 1.33 bits per heavy atom. The van der Waals surface area contributed by atoms with Gasteiger partial charge in [-0.3, -0.25) is 0 Å². The quantitative estimate of drug-likeness (QED) is 0.111. The third kappa shape index (κ3) is 10.6. The predicted octanol–water partition coefficient (Wildman–Crippen LogP) is 14.7. The Balaban J connectivity index is 6.37. The van der Waals surface area contributed by atoms with Crippen LogP contribution in [-0.2, 0) is 0 Å². The molecule has 0 N–H and O–H groups in total. The van der Waals surface area contributed by atoms with Crippen LogP contribution in [0, 0.1) is 51.2 Å². The van der Waals surface area contributed by atoms with E-state index in [1.807, 2.05) is 0 Å². The zero-order valence-electron chi connectivity index (χ0n) is 33.2. The van der Waals surface area contributed by atoms with Crippen molar-refractivity contribution in [2.45, 2.75) is 213 Å². The van der Waals surface area contributed by atoms with E-state index in [1.165, 1.54) is 70.6 Å². The van der Waals surface area contributed by atoms with Crippen molar-refractivity contribution in [2.75, 3.05) is 0 Å². The van der Waals surface area contributed by atoms with Crippen LogP contribution in [0.2, 0.25) is 10.6 Å². The van der Waals surface area contributed by atoms with Gasteiger partial charge in [-0.1, -0.05) is 194 Å². The van der Waals surface area contributed by atoms with Crippen LogP contribution in [0.4, 0.5) is 0 Å². The molecule has 0 heterocycles. The fourth-order valence-electron chi connectivity index (χ4n) is 10.9. The molecule has 251 valence electrons. The van der Waals surface area contributed by atoms with Crippen molar-refractivity contribution in [1.82, 2.24) is 0 Å². The summed E-state index contributed by atoms with van der Waals surface area (Å²) in [6, 6.07) is 0. The van der Waals surface area contributed by atoms with Crippen LogP contribution in [0.1, 0.15) is 202 Å². The molecule has 0 spiro atoms. The van der Waals surface area contributed by atoms with Crippen LogP contribution < -0.4 is 0 Å². The van der Waals surface area contributed by atoms with E-state index in [0.717, 1.165) is 17.8 Å². The molecule has 7 atom stereocenters. The Morgan fingerprint density at radius 1 is 0.500 bits per heavy atom. The lowest BCUT2D eigenvalue weighted by atomic mass is 9.32. The Labute approximate surface area is 270 Å². The van der Waals surface area contributed by atoms with Crippen molar-refractivity contribution in [2.24, 2.45) is 51.2 Å². The van der Waals surface area contributed by atoms with Crippen molar-refractivity contribution >= 4 is 7.28 Å². The molecule has 0 rings (SSSR count). The number of rotatable bonds is 22. The van der Waals surface area contributed by atoms with Gasteiger partial charge in [-0.15, -0.1) is 0 Å². The minimum atomic E-state index is 0.171. The number of hydrogen-bond donors (Lipinski definition) is 0. The van der Waals surface area contributed by atoms with Gasteiger partial charge in [-0.05, 0) is 70.5 Å². The van der Waals surface area contributed by atoms with E-state index in [1.54, 1.807) is 0 Å². The molecule has 0 aromatic heterocycles. The standard InChI is InChI=1S/C41H84B/c1-20-31(9)29-40(18,26-7)33(22-3)28-32(21-2)38(14,15)42-39(16,17)34(23-4)37(12,13)35(24-5)41(19,27-8)30-36(10,11)25-6/h31-35H,20-30H2,1-19H3. The molecule has 0 nitrogen and oxygen atoms in total. The summed E-state index contributed by atoms with van der Waals surface area (Å²) >= 11 is 0. The lowest BCUT2D eigenvalue weighted by molar-refractivity contribution is -0.0325. The minimum Gasteiger partial charge on any atom is -0.0669 e. The fraction of sp³-hybridized carbons (Fsp3) is 1.00. The molecule has 42 heavy (non-hydrogen) atoms. The summed E-state index contributed by atoms with van der Waals surface area (Å²) in [6.45, 7) is 48.0. The maximum Gasteiger partial charge on any atom is 0.125 e. The van der Waals surface area contributed by atoms with Gasteiger partial charge in [-0.2, -0.15) is 0 Å². The Morgan fingerprint density at radius 2 is 0.976 bits per heavy atom. The summed E-state index contributed by atoms with van der Waals surface area (Å²) in [6.07, 6.45) is 14.3. The summed E-state index contributed by atoms with van der Waals surface area (Å²) in [5.74, 6) is 3.69. The first-order valence-corrected chi connectivity index (χ1v) is 18.9. The maximum absolute atomic E-state index is 2.86. The van der Waals surface area contributed by atoms with Crippen molar-refractivity contribution in [3.05, 3.63) is 0 Å². The van der Waals surface area contributed by atoms with E-state index >= 15 is 0 Å². The van der Waals surface area contributed by atoms with Gasteiger partial charge in [0, 0.05) is 0 Å². The SMILES string of the molecule is CCC(C)CC(C)(CC)C(CC)CC(CC)C(C)(C)[B]C(C)(C)C(CC)C(C)(C)C(CC)C(C)(CC)CC(C)(C)CC. The Bertz CT molecular complexity index is 744. The van der Waals surface area contributed by atoms with E-state index in [9.17, 15) is 0 Å². The summed E-state index contributed by atoms with van der Waals surface area (Å²) in [5.41, 5.74) is 1.46. The van der Waals surface area contributed by atoms with Gasteiger partial charge in [0.15, 0.2) is 0 Å². The normalized spacial score (nSPS) is 20.3. The smallest absolute Gasteiger partial charge is 0.0669 e. The van der Waals surface area contributed by atoms with Gasteiger partial charge in [0.1, 0.15) is 7.28 Å². The van der Waals surface area contributed by atoms with Crippen molar-refractivity contribution < 1.29 is 0 Å². The first kappa shape index (κ1) is 42.1. The van der Waals surface area contributed by atoms with Gasteiger partial charge >= 0.3 is 0 Å². The molecule has 1 radical (unpaired) electrons. The highest BCUT2D eigenvalue weighted by Crippen LogP contribution is 2.61. The average Bonchev–Trinajstić information content (AvgIpc) is 2.87. The van der Waals surface area contributed by atoms with E-state index < -0.39 is 0 Å². The average molecular weight is 588 g/mol. The lowest BCUT2D eigenvalue weighted by Crippen LogP contribution is -2.48. The van der Waals surface area contributed by atoms with Crippen LogP contribution in [0.25, 0.3) is 0 Å². The molecule has 0 aliphatic carbocycles. The zero-order valence-corrected chi connectivity index (χ0v) is 33.2. The minimum absolute atomic E-state index is 0.171. The van der Waals surface area contributed by atoms with E-state index in [2.05, 4.69) is 139 Å². The molecule has 0 bridgehead atoms. The van der Waals surface area contributed by atoms with Gasteiger partial charge < -0.3 is 0 Å². The zero-order chi connectivity index (χ0) is 33.4. The molecule has 0 amide bonds. The highest BCUT2D eigenvalue weighted by molar-refractivity contribution is 6.44. The van der Waals surface area contributed by atoms with Crippen LogP contribution in [0.15, 0.2) is 0 Å². The third-order valence-electron chi connectivity index (χ3n) is 13.7. The van der Waals surface area contributed by atoms with Crippen LogP contribution in [0.3, 0.4) is 0 Å². The molecule has 0 fully saturated rings. The van der Waals surface area contributed by atoms with Gasteiger partial charge in [-0.25, -0.2) is 0 Å². The first-order valence-electron chi connectivity index (χ1n) is 18.9. The molecule has 1 heteroatoms. The first-order chi connectivity index (χ1) is 19.1. The third-order valence-corrected chi connectivity index (χ3v) is 13.7. The molecule has 0 aliphatic rings. The summed E-state index contributed by atoms with van der Waals surface area (Å²) in [7, 11) is 2.86. The highest BCUT2D eigenvalue weighted by atomic mass is 14.5. The van der Waals surface area contributed by atoms with Crippen molar-refractivity contribution in [1.29, 1.82) is 0 Å². The predicted molar refractivity (Wildman–Crippen MR) is 197 cm³/mol. The second-order valence-corrected chi connectivity index (χ2v) is 18.4. The highest BCUT2D eigenvalue weighted by Gasteiger charge is 2.51. The molecular weight excluding hydrogens is 503 g/mol. The summed E-state index contributed by atoms with van der Waals surface area (Å²) in [4.78, 5) is 0. The maximum atomic E-state index is 2.86. The van der Waals surface area contributed by atoms with Gasteiger partial charge in [0.25, 0.3) is 0 Å². The van der Waals surface area contributed by atoms with E-state index in [4.69, 9.17) is 0 Å². The molecule has 0 saturated heterocycles. The summed E-state index contributed by atoms with van der Waals surface area (Å²) in [5, 5.41) is 0.379. The Kier molecular flexibility index (Phi) is 16.6. The van der Waals surface area contributed by atoms with E-state index in [-0.39, 0.29) is 16.0 Å². The lowest BCUT2D eigenvalue weighted by Gasteiger charge is -2.56. The monoisotopic (exact) mass is 588 g/mol. The van der Waals surface area contributed by atoms with Crippen LogP contribution in [-0.4, -0.2) is 7.28 Å². The molecule has 7 unspecified atom stereocenters. The molecule has 0 aromatic rings. The largest absolute Gasteiger partial charge is 0.125 e. The second kappa shape index (κ2) is 16.6. The van der Waals surface area contributed by atoms with Crippen molar-refractivity contribution in [3.63, 3.8) is 0 Å². The summed E-state index contributed by atoms with van der Waals surface area (Å²) < 4.78 is 0. The Hall–Kier alpha value is 0.0649. The topological polar surface area (TPSA) is 0 Å². The number of hydrogen-bond acceptors (Lipinski definition) is 0. The van der Waals surface area contributed by atoms with Crippen molar-refractivity contribution in [3.8, 4) is 0 Å². The molecule has 0 aromatic carbocycles. The van der Waals surface area contributed by atoms with Crippen LogP contribution >= 0.6 is 0 Å². The van der Waals surface area contributed by atoms with Crippen LogP contribution in [0.5, 0.6) is 0 Å². The molecule has 0 aliphatic heterocycles. The molecule has 0 saturated carbocycles. The second-order valence-electron chi connectivity index (χ2n) is 18.4. The molecular formula is C41H84B.